The topological polar surface area (TPSA) is 30.7 Å². The molecule has 2 saturated heterocycles. The first-order chi connectivity index (χ1) is 9.25. The predicted octanol–water partition coefficient (Wildman–Crippen LogP) is 0.893. The molecule has 0 saturated carbocycles. The highest BCUT2D eigenvalue weighted by Crippen LogP contribution is 2.34. The number of quaternary nitrogens is 1. The Kier molecular flexibility index (Phi) is 2.46. The number of nitrogens with one attached hydrogen (secondary N) is 1. The van der Waals surface area contributed by atoms with Crippen molar-refractivity contribution < 1.29 is 14.4 Å². The van der Waals surface area contributed by atoms with Gasteiger partial charge in [-0.1, -0.05) is 24.3 Å². The number of carbonyl (C=O) groups excluding carboxylic acids is 1. The fraction of sp³-hybridized carbons (Fsp3) is 0.562. The molecule has 0 aliphatic carbocycles. The van der Waals surface area contributed by atoms with E-state index in [1.165, 1.54) is 11.1 Å². The van der Waals surface area contributed by atoms with Crippen LogP contribution in [0.25, 0.3) is 0 Å². The number of cyclic esters (lactones) is 1. The van der Waals surface area contributed by atoms with Crippen LogP contribution in [-0.2, 0) is 16.0 Å². The summed E-state index contributed by atoms with van der Waals surface area (Å²) in [7, 11) is 0. The molecule has 0 amide bonds. The van der Waals surface area contributed by atoms with E-state index in [1.54, 1.807) is 4.90 Å². The molecule has 0 aromatic heterocycles. The molecule has 3 aliphatic heterocycles. The zero-order valence-electron chi connectivity index (χ0n) is 11.3. The smallest absolute Gasteiger partial charge is 0.315 e. The summed E-state index contributed by atoms with van der Waals surface area (Å²) in [6, 6.07) is 9.77. The lowest BCUT2D eigenvalue weighted by molar-refractivity contribution is -0.967. The Bertz CT molecular complexity index is 527. The van der Waals surface area contributed by atoms with Gasteiger partial charge in [0.25, 0.3) is 0 Å². The molecule has 4 rings (SSSR count). The third-order valence-electron chi connectivity index (χ3n) is 5.30. The Labute approximate surface area is 113 Å². The largest absolute Gasteiger partial charge is 0.456 e. The quantitative estimate of drug-likeness (QED) is 0.701. The maximum atomic E-state index is 11.9. The summed E-state index contributed by atoms with van der Waals surface area (Å²) in [5.41, 5.74) is 3.02. The predicted molar refractivity (Wildman–Crippen MR) is 70.8 cm³/mol. The summed E-state index contributed by atoms with van der Waals surface area (Å²) < 4.78 is 5.49. The highest BCUT2D eigenvalue weighted by atomic mass is 16.6. The lowest BCUT2D eigenvalue weighted by atomic mass is 9.79. The molecule has 3 heteroatoms. The van der Waals surface area contributed by atoms with Gasteiger partial charge in [0.2, 0.25) is 0 Å². The van der Waals surface area contributed by atoms with Crippen molar-refractivity contribution in [3.8, 4) is 0 Å². The Morgan fingerprint density at radius 1 is 1.26 bits per heavy atom. The molecule has 100 valence electrons. The number of ether oxygens (including phenoxy) is 1. The summed E-state index contributed by atoms with van der Waals surface area (Å²) in [4.78, 5) is 13.5. The molecular formula is C16H20NO2+. The van der Waals surface area contributed by atoms with E-state index in [-0.39, 0.29) is 18.0 Å². The first-order valence-corrected chi connectivity index (χ1v) is 7.39. The van der Waals surface area contributed by atoms with Crippen molar-refractivity contribution in [2.75, 3.05) is 6.54 Å². The number of fused-ring (bicyclic) bond motifs is 5. The molecule has 1 unspecified atom stereocenters. The average molecular weight is 258 g/mol. The van der Waals surface area contributed by atoms with E-state index in [2.05, 4.69) is 31.2 Å². The van der Waals surface area contributed by atoms with Crippen molar-refractivity contribution in [3.05, 3.63) is 35.4 Å². The van der Waals surface area contributed by atoms with Crippen molar-refractivity contribution in [1.82, 2.24) is 0 Å². The maximum absolute atomic E-state index is 11.9. The third-order valence-corrected chi connectivity index (χ3v) is 5.30. The van der Waals surface area contributed by atoms with Gasteiger partial charge in [-0.25, -0.2) is 0 Å². The van der Waals surface area contributed by atoms with Crippen LogP contribution < -0.4 is 4.90 Å². The first-order valence-electron chi connectivity index (χ1n) is 7.39. The zero-order chi connectivity index (χ0) is 13.0. The van der Waals surface area contributed by atoms with E-state index in [1.807, 2.05) is 0 Å². The van der Waals surface area contributed by atoms with Gasteiger partial charge >= 0.3 is 5.97 Å². The lowest BCUT2D eigenvalue weighted by Gasteiger charge is -2.43. The number of carbonyl (C=O) groups is 1. The van der Waals surface area contributed by atoms with E-state index in [0.717, 1.165) is 25.8 Å². The van der Waals surface area contributed by atoms with Crippen LogP contribution >= 0.6 is 0 Å². The van der Waals surface area contributed by atoms with E-state index in [0.29, 0.717) is 12.1 Å². The SMILES string of the molecule is C[C@@H]1OC(=O)[C@H]2CC[C@H]3c4ccccc4CC[NH+]3[C@@H]12. The van der Waals surface area contributed by atoms with E-state index >= 15 is 0 Å². The number of piperidine rings is 1. The standard InChI is InChI=1S/C16H19NO2/c1-10-15-13(16(18)19-10)6-7-14-12-5-3-2-4-11(12)8-9-17(14)15/h2-5,10,13-15H,6-9H2,1H3/p+1/t10-,13-,14-,15-/m0/s1. The fourth-order valence-electron chi connectivity index (χ4n) is 4.52. The number of hydrogen-bond acceptors (Lipinski definition) is 2. The maximum Gasteiger partial charge on any atom is 0.315 e. The Morgan fingerprint density at radius 2 is 2.11 bits per heavy atom. The Hall–Kier alpha value is -1.35. The van der Waals surface area contributed by atoms with Gasteiger partial charge in [-0.15, -0.1) is 0 Å². The van der Waals surface area contributed by atoms with Crippen molar-refractivity contribution in [3.63, 3.8) is 0 Å². The van der Waals surface area contributed by atoms with Crippen LogP contribution in [0, 0.1) is 5.92 Å². The molecular weight excluding hydrogens is 238 g/mol. The molecule has 1 aromatic carbocycles. The van der Waals surface area contributed by atoms with Crippen LogP contribution in [0.2, 0.25) is 0 Å². The molecule has 3 aliphatic rings. The number of esters is 1. The summed E-state index contributed by atoms with van der Waals surface area (Å²) in [5.74, 6) is 0.189. The highest BCUT2D eigenvalue weighted by Gasteiger charge is 2.54. The summed E-state index contributed by atoms with van der Waals surface area (Å²) in [5, 5.41) is 0. The van der Waals surface area contributed by atoms with Crippen molar-refractivity contribution in [2.45, 2.75) is 44.4 Å². The van der Waals surface area contributed by atoms with Crippen LogP contribution in [0.3, 0.4) is 0 Å². The molecule has 19 heavy (non-hydrogen) atoms. The molecule has 0 spiro atoms. The van der Waals surface area contributed by atoms with Gasteiger partial charge in [-0.2, -0.15) is 0 Å². The van der Waals surface area contributed by atoms with Crippen LogP contribution in [0.15, 0.2) is 24.3 Å². The second-order valence-corrected chi connectivity index (χ2v) is 6.18. The van der Waals surface area contributed by atoms with Crippen molar-refractivity contribution >= 4 is 5.97 Å². The van der Waals surface area contributed by atoms with Gasteiger partial charge in [0.15, 0.2) is 6.10 Å². The van der Waals surface area contributed by atoms with Gasteiger partial charge in [0.05, 0.1) is 6.54 Å². The summed E-state index contributed by atoms with van der Waals surface area (Å²) in [6.45, 7) is 3.21. The summed E-state index contributed by atoms with van der Waals surface area (Å²) in [6.07, 6.45) is 3.33. The molecule has 2 fully saturated rings. The van der Waals surface area contributed by atoms with Gasteiger partial charge in [0.1, 0.15) is 18.0 Å². The number of rotatable bonds is 0. The van der Waals surface area contributed by atoms with Gasteiger partial charge in [-0.3, -0.25) is 4.79 Å². The lowest BCUT2D eigenvalue weighted by Crippen LogP contribution is -3.19. The van der Waals surface area contributed by atoms with Gasteiger partial charge < -0.3 is 9.64 Å². The van der Waals surface area contributed by atoms with Gasteiger partial charge in [0, 0.05) is 18.4 Å². The van der Waals surface area contributed by atoms with E-state index < -0.39 is 0 Å². The zero-order valence-corrected chi connectivity index (χ0v) is 11.3. The second-order valence-electron chi connectivity index (χ2n) is 6.18. The molecule has 3 nitrogen and oxygen atoms in total. The molecule has 3 heterocycles. The normalized spacial score (nSPS) is 40.1. The molecule has 0 bridgehead atoms. The molecule has 0 radical (unpaired) electrons. The van der Waals surface area contributed by atoms with E-state index in [4.69, 9.17) is 4.74 Å². The minimum absolute atomic E-state index is 0.0438. The van der Waals surface area contributed by atoms with Crippen LogP contribution in [0.1, 0.15) is 36.9 Å². The first kappa shape index (κ1) is 11.5. The molecule has 5 atom stereocenters. The second kappa shape index (κ2) is 4.07. The minimum Gasteiger partial charge on any atom is -0.456 e. The number of hydrogen-bond donors (Lipinski definition) is 1. The number of benzene rings is 1. The molecule has 1 N–H and O–H groups in total. The van der Waals surface area contributed by atoms with Crippen LogP contribution in [0.4, 0.5) is 0 Å². The third kappa shape index (κ3) is 1.57. The molecule has 1 aromatic rings. The van der Waals surface area contributed by atoms with Crippen LogP contribution in [-0.4, -0.2) is 24.7 Å². The Balaban J connectivity index is 1.72. The summed E-state index contributed by atoms with van der Waals surface area (Å²) >= 11 is 0. The monoisotopic (exact) mass is 258 g/mol. The Morgan fingerprint density at radius 3 is 3.00 bits per heavy atom. The average Bonchev–Trinajstić information content (AvgIpc) is 2.74. The van der Waals surface area contributed by atoms with Gasteiger partial charge in [-0.05, 0) is 18.9 Å². The van der Waals surface area contributed by atoms with Crippen LogP contribution in [0.5, 0.6) is 0 Å². The minimum atomic E-state index is 0.0438. The van der Waals surface area contributed by atoms with Crippen molar-refractivity contribution in [2.24, 2.45) is 5.92 Å². The van der Waals surface area contributed by atoms with E-state index in [9.17, 15) is 4.79 Å². The fourth-order valence-corrected chi connectivity index (χ4v) is 4.52. The highest BCUT2D eigenvalue weighted by molar-refractivity contribution is 5.75. The van der Waals surface area contributed by atoms with Crippen molar-refractivity contribution in [1.29, 1.82) is 0 Å².